The molecule has 0 N–H and O–H groups in total. The van der Waals surface area contributed by atoms with Crippen molar-refractivity contribution in [2.45, 2.75) is 12.8 Å². The maximum absolute atomic E-state index is 12.0. The molecule has 1 amide bonds. The van der Waals surface area contributed by atoms with Crippen LogP contribution >= 0.6 is 23.2 Å². The molecule has 0 unspecified atom stereocenters. The summed E-state index contributed by atoms with van der Waals surface area (Å²) in [5.41, 5.74) is 0. The molecular formula is C19H21Cl2NO3. The Morgan fingerprint density at radius 1 is 0.880 bits per heavy atom. The minimum absolute atomic E-state index is 0.0133. The SMILES string of the molecule is CN(CCCCOc1ccc(Cl)cc1)C(=O)COc1ccc(Cl)cc1. The fourth-order valence-corrected chi connectivity index (χ4v) is 2.33. The number of benzene rings is 2. The van der Waals surface area contributed by atoms with E-state index in [4.69, 9.17) is 32.7 Å². The second kappa shape index (κ2) is 10.2. The van der Waals surface area contributed by atoms with Crippen molar-refractivity contribution in [3.63, 3.8) is 0 Å². The number of likely N-dealkylation sites (N-methyl/N-ethyl adjacent to an activating group) is 1. The first-order valence-electron chi connectivity index (χ1n) is 8.05. The van der Waals surface area contributed by atoms with E-state index in [1.54, 1.807) is 48.3 Å². The number of amides is 1. The lowest BCUT2D eigenvalue weighted by molar-refractivity contribution is -0.132. The number of hydrogen-bond donors (Lipinski definition) is 0. The van der Waals surface area contributed by atoms with E-state index in [1.165, 1.54) is 0 Å². The third-order valence-electron chi connectivity index (χ3n) is 3.57. The Balaban J connectivity index is 1.59. The van der Waals surface area contributed by atoms with Gasteiger partial charge in [-0.3, -0.25) is 4.79 Å². The highest BCUT2D eigenvalue weighted by atomic mass is 35.5. The van der Waals surface area contributed by atoms with Gasteiger partial charge in [-0.1, -0.05) is 23.2 Å². The van der Waals surface area contributed by atoms with Crippen LogP contribution in [0.25, 0.3) is 0 Å². The van der Waals surface area contributed by atoms with Gasteiger partial charge in [0.25, 0.3) is 5.91 Å². The second-order valence-electron chi connectivity index (χ2n) is 5.57. The van der Waals surface area contributed by atoms with Gasteiger partial charge in [0.05, 0.1) is 6.61 Å². The van der Waals surface area contributed by atoms with Gasteiger partial charge in [0.15, 0.2) is 6.61 Å². The van der Waals surface area contributed by atoms with Gasteiger partial charge in [0.2, 0.25) is 0 Å². The van der Waals surface area contributed by atoms with Crippen molar-refractivity contribution in [1.82, 2.24) is 4.90 Å². The molecule has 0 saturated heterocycles. The van der Waals surface area contributed by atoms with E-state index >= 15 is 0 Å². The highest BCUT2D eigenvalue weighted by Gasteiger charge is 2.09. The number of nitrogens with zero attached hydrogens (tertiary/aromatic N) is 1. The van der Waals surface area contributed by atoms with Crippen LogP contribution in [-0.4, -0.2) is 37.6 Å². The molecule has 0 aliphatic rings. The maximum atomic E-state index is 12.0. The van der Waals surface area contributed by atoms with Crippen LogP contribution in [0, 0.1) is 0 Å². The smallest absolute Gasteiger partial charge is 0.260 e. The predicted octanol–water partition coefficient (Wildman–Crippen LogP) is 4.69. The van der Waals surface area contributed by atoms with Crippen LogP contribution in [-0.2, 0) is 4.79 Å². The molecule has 0 atom stereocenters. The quantitative estimate of drug-likeness (QED) is 0.591. The summed E-state index contributed by atoms with van der Waals surface area (Å²) in [6, 6.07) is 14.2. The Morgan fingerprint density at radius 3 is 1.96 bits per heavy atom. The van der Waals surface area contributed by atoms with Gasteiger partial charge in [0.1, 0.15) is 11.5 Å². The van der Waals surface area contributed by atoms with E-state index in [1.807, 2.05) is 12.1 Å². The molecule has 0 aliphatic carbocycles. The van der Waals surface area contributed by atoms with Gasteiger partial charge in [-0.15, -0.1) is 0 Å². The first-order chi connectivity index (χ1) is 12.0. The molecular weight excluding hydrogens is 361 g/mol. The van der Waals surface area contributed by atoms with Crippen molar-refractivity contribution in [3.05, 3.63) is 58.6 Å². The molecule has 0 radical (unpaired) electrons. The Labute approximate surface area is 158 Å². The highest BCUT2D eigenvalue weighted by Crippen LogP contribution is 2.16. The molecule has 134 valence electrons. The average molecular weight is 382 g/mol. The molecule has 2 aromatic rings. The van der Waals surface area contributed by atoms with E-state index in [-0.39, 0.29) is 12.5 Å². The summed E-state index contributed by atoms with van der Waals surface area (Å²) < 4.78 is 11.1. The van der Waals surface area contributed by atoms with E-state index in [2.05, 4.69) is 0 Å². The summed E-state index contributed by atoms with van der Waals surface area (Å²) in [5, 5.41) is 1.32. The molecule has 25 heavy (non-hydrogen) atoms. The fourth-order valence-electron chi connectivity index (χ4n) is 2.08. The zero-order valence-electron chi connectivity index (χ0n) is 14.1. The molecule has 2 rings (SSSR count). The van der Waals surface area contributed by atoms with E-state index < -0.39 is 0 Å². The van der Waals surface area contributed by atoms with Gasteiger partial charge in [-0.25, -0.2) is 0 Å². The minimum atomic E-state index is -0.0615. The summed E-state index contributed by atoms with van der Waals surface area (Å²) in [7, 11) is 1.77. The second-order valence-corrected chi connectivity index (χ2v) is 6.44. The molecule has 0 aliphatic heterocycles. The van der Waals surface area contributed by atoms with Crippen LogP contribution in [0.15, 0.2) is 48.5 Å². The van der Waals surface area contributed by atoms with Crippen LogP contribution < -0.4 is 9.47 Å². The Hall–Kier alpha value is -1.91. The monoisotopic (exact) mass is 381 g/mol. The maximum Gasteiger partial charge on any atom is 0.260 e. The third kappa shape index (κ3) is 7.24. The molecule has 6 heteroatoms. The van der Waals surface area contributed by atoms with Crippen molar-refractivity contribution in [2.24, 2.45) is 0 Å². The van der Waals surface area contributed by atoms with Gasteiger partial charge >= 0.3 is 0 Å². The van der Waals surface area contributed by atoms with Crippen molar-refractivity contribution < 1.29 is 14.3 Å². The minimum Gasteiger partial charge on any atom is -0.494 e. The van der Waals surface area contributed by atoms with Crippen molar-refractivity contribution in [3.8, 4) is 11.5 Å². The number of halogens is 2. The molecule has 0 aromatic heterocycles. The van der Waals surface area contributed by atoms with Gasteiger partial charge in [-0.05, 0) is 61.4 Å². The molecule has 0 spiro atoms. The fraction of sp³-hybridized carbons (Fsp3) is 0.316. The van der Waals surface area contributed by atoms with Crippen LogP contribution in [0.2, 0.25) is 10.0 Å². The largest absolute Gasteiger partial charge is 0.494 e. The first-order valence-corrected chi connectivity index (χ1v) is 8.81. The molecule has 0 fully saturated rings. The summed E-state index contributed by atoms with van der Waals surface area (Å²) in [5.74, 6) is 1.36. The zero-order chi connectivity index (χ0) is 18.1. The summed E-state index contributed by atoms with van der Waals surface area (Å²) in [6.07, 6.45) is 1.72. The number of ether oxygens (including phenoxy) is 2. The number of rotatable bonds is 9. The summed E-state index contributed by atoms with van der Waals surface area (Å²) in [4.78, 5) is 13.7. The van der Waals surface area contributed by atoms with E-state index in [9.17, 15) is 4.79 Å². The average Bonchev–Trinajstić information content (AvgIpc) is 2.62. The highest BCUT2D eigenvalue weighted by molar-refractivity contribution is 6.30. The van der Waals surface area contributed by atoms with Crippen molar-refractivity contribution >= 4 is 29.1 Å². The summed E-state index contributed by atoms with van der Waals surface area (Å²) in [6.45, 7) is 1.27. The predicted molar refractivity (Wildman–Crippen MR) is 101 cm³/mol. The Kier molecular flexibility index (Phi) is 7.89. The summed E-state index contributed by atoms with van der Waals surface area (Å²) >= 11 is 11.6. The normalized spacial score (nSPS) is 10.4. The first kappa shape index (κ1) is 19.4. The third-order valence-corrected chi connectivity index (χ3v) is 4.08. The lowest BCUT2D eigenvalue weighted by atomic mass is 10.3. The standard InChI is InChI=1S/C19H21Cl2NO3/c1-22(19(23)14-25-18-10-6-16(21)7-11-18)12-2-3-13-24-17-8-4-15(20)5-9-17/h4-11H,2-3,12-14H2,1H3. The van der Waals surface area contributed by atoms with Crippen LogP contribution in [0.3, 0.4) is 0 Å². The molecule has 0 heterocycles. The molecule has 0 saturated carbocycles. The van der Waals surface area contributed by atoms with E-state index in [0.29, 0.717) is 28.9 Å². The molecule has 2 aromatic carbocycles. The topological polar surface area (TPSA) is 38.8 Å². The van der Waals surface area contributed by atoms with Crippen molar-refractivity contribution in [2.75, 3.05) is 26.8 Å². The Bertz CT molecular complexity index is 659. The number of carbonyl (C=O) groups is 1. The van der Waals surface area contributed by atoms with Gasteiger partial charge in [0, 0.05) is 23.6 Å². The number of carbonyl (C=O) groups excluding carboxylic acids is 1. The number of unbranched alkanes of at least 4 members (excludes halogenated alkanes) is 1. The Morgan fingerprint density at radius 2 is 1.40 bits per heavy atom. The van der Waals surface area contributed by atoms with Crippen LogP contribution in [0.1, 0.15) is 12.8 Å². The van der Waals surface area contributed by atoms with Crippen LogP contribution in [0.5, 0.6) is 11.5 Å². The van der Waals surface area contributed by atoms with Crippen LogP contribution in [0.4, 0.5) is 0 Å². The van der Waals surface area contributed by atoms with Crippen molar-refractivity contribution in [1.29, 1.82) is 0 Å². The number of hydrogen-bond acceptors (Lipinski definition) is 3. The lowest BCUT2D eigenvalue weighted by Crippen LogP contribution is -2.32. The zero-order valence-corrected chi connectivity index (χ0v) is 15.6. The molecule has 4 nitrogen and oxygen atoms in total. The van der Waals surface area contributed by atoms with Gasteiger partial charge in [-0.2, -0.15) is 0 Å². The van der Waals surface area contributed by atoms with E-state index in [0.717, 1.165) is 18.6 Å². The van der Waals surface area contributed by atoms with Gasteiger partial charge < -0.3 is 14.4 Å². The lowest BCUT2D eigenvalue weighted by Gasteiger charge is -2.17. The molecule has 0 bridgehead atoms.